The third kappa shape index (κ3) is 5.01. The maximum absolute atomic E-state index is 13.6. The van der Waals surface area contributed by atoms with Crippen LogP contribution in [0.3, 0.4) is 0 Å². The van der Waals surface area contributed by atoms with Crippen LogP contribution in [-0.2, 0) is 32.2 Å². The Kier molecular flexibility index (Phi) is 7.25. The molecule has 0 amide bonds. The molecule has 1 aromatic carbocycles. The predicted octanol–water partition coefficient (Wildman–Crippen LogP) is 3.56. The molecular weight excluding hydrogens is 583 g/mol. The van der Waals surface area contributed by atoms with Gasteiger partial charge in [-0.25, -0.2) is 9.78 Å². The number of H-pyrrole nitrogens is 2. The molecule has 4 aromatic heterocycles. The molecule has 220 valence electrons. The predicted molar refractivity (Wildman–Crippen MR) is 171 cm³/mol. The van der Waals surface area contributed by atoms with Crippen molar-refractivity contribution in [1.82, 2.24) is 19.5 Å². The number of aryl methyl sites for hydroxylation is 4. The van der Waals surface area contributed by atoms with Crippen LogP contribution in [0, 0.1) is 11.3 Å². The number of aromatic amines is 2. The summed E-state index contributed by atoms with van der Waals surface area (Å²) >= 11 is 3.11. The van der Waals surface area contributed by atoms with Crippen molar-refractivity contribution in [3.05, 3.63) is 87.5 Å². The zero-order chi connectivity index (χ0) is 29.7. The van der Waals surface area contributed by atoms with Crippen LogP contribution >= 0.6 is 22.7 Å². The van der Waals surface area contributed by atoms with Crippen LogP contribution in [0.25, 0.3) is 20.4 Å². The molecule has 1 aliphatic heterocycles. The lowest BCUT2D eigenvalue weighted by Gasteiger charge is -2.33. The molecule has 0 spiro atoms. The Labute approximate surface area is 254 Å². The van der Waals surface area contributed by atoms with Gasteiger partial charge in [0.25, 0.3) is 11.1 Å². The number of aromatic nitrogens is 4. The number of nitrogens with one attached hydrogen (secondary N) is 2. The average Bonchev–Trinajstić information content (AvgIpc) is 3.78. The van der Waals surface area contributed by atoms with Gasteiger partial charge < -0.3 is 15.6 Å². The molecule has 2 aliphatic carbocycles. The molecule has 12 heteroatoms. The second-order valence-electron chi connectivity index (χ2n) is 11.4. The van der Waals surface area contributed by atoms with Crippen molar-refractivity contribution in [3.63, 3.8) is 0 Å². The number of anilines is 1. The molecule has 0 radical (unpaired) electrons. The molecule has 0 saturated carbocycles. The smallest absolute Gasteiger partial charge is 0.326 e. The first kappa shape index (κ1) is 27.8. The van der Waals surface area contributed by atoms with E-state index in [0.717, 1.165) is 79.2 Å². The van der Waals surface area contributed by atoms with Crippen LogP contribution in [0.15, 0.2) is 38.6 Å². The van der Waals surface area contributed by atoms with Gasteiger partial charge in [-0.15, -0.1) is 22.7 Å². The normalized spacial score (nSPS) is 17.5. The number of nitrogens with zero attached hydrogens (tertiary/aromatic N) is 4. The molecule has 10 nitrogen and oxygen atoms in total. The van der Waals surface area contributed by atoms with Crippen LogP contribution in [0.5, 0.6) is 0 Å². The topological polar surface area (TPSA) is 154 Å². The summed E-state index contributed by atoms with van der Waals surface area (Å²) in [6.07, 6.45) is 8.32. The average molecular weight is 614 g/mol. The molecule has 4 N–H and O–H groups in total. The molecule has 1 atom stereocenters. The lowest BCUT2D eigenvalue weighted by Crippen LogP contribution is -2.45. The number of nitrogens with two attached hydrogens (primary N) is 1. The summed E-state index contributed by atoms with van der Waals surface area (Å²) in [7, 11) is 0. The van der Waals surface area contributed by atoms with Gasteiger partial charge in [-0.05, 0) is 74.1 Å². The fourth-order valence-corrected chi connectivity index (χ4v) is 9.06. The van der Waals surface area contributed by atoms with E-state index in [1.54, 1.807) is 22.0 Å². The van der Waals surface area contributed by atoms with Crippen molar-refractivity contribution in [2.24, 2.45) is 5.73 Å². The van der Waals surface area contributed by atoms with Gasteiger partial charge in [0, 0.05) is 28.9 Å². The van der Waals surface area contributed by atoms with E-state index in [0.29, 0.717) is 29.3 Å². The van der Waals surface area contributed by atoms with E-state index in [1.165, 1.54) is 32.2 Å². The van der Waals surface area contributed by atoms with Gasteiger partial charge in [0.15, 0.2) is 0 Å². The fourth-order valence-electron chi connectivity index (χ4n) is 6.54. The van der Waals surface area contributed by atoms with E-state index in [-0.39, 0.29) is 17.2 Å². The Balaban J connectivity index is 0.000000178. The van der Waals surface area contributed by atoms with Gasteiger partial charge in [0.05, 0.1) is 29.2 Å². The molecule has 43 heavy (non-hydrogen) atoms. The third-order valence-corrected chi connectivity index (χ3v) is 11.1. The summed E-state index contributed by atoms with van der Waals surface area (Å²) in [4.78, 5) is 50.8. The van der Waals surface area contributed by atoms with Crippen LogP contribution in [0.2, 0.25) is 0 Å². The highest BCUT2D eigenvalue weighted by molar-refractivity contribution is 7.19. The Morgan fingerprint density at radius 1 is 0.977 bits per heavy atom. The van der Waals surface area contributed by atoms with Crippen LogP contribution in [-0.4, -0.2) is 38.7 Å². The quantitative estimate of drug-likeness (QED) is 0.281. The van der Waals surface area contributed by atoms with Crippen molar-refractivity contribution in [2.45, 2.75) is 64.0 Å². The number of thiophene rings is 2. The van der Waals surface area contributed by atoms with E-state index in [2.05, 4.69) is 20.9 Å². The minimum atomic E-state index is -0.407. The summed E-state index contributed by atoms with van der Waals surface area (Å²) in [5.74, 6) is 0.692. The molecular formula is C31H31N7O3S2. The molecule has 8 rings (SSSR count). The molecule has 1 saturated heterocycles. The fraction of sp³-hybridized carbons (Fsp3) is 0.387. The highest BCUT2D eigenvalue weighted by Gasteiger charge is 2.27. The second-order valence-corrected chi connectivity index (χ2v) is 13.6. The van der Waals surface area contributed by atoms with Crippen molar-refractivity contribution < 1.29 is 0 Å². The lowest BCUT2D eigenvalue weighted by atomic mass is 10.1. The third-order valence-electron chi connectivity index (χ3n) is 8.59. The lowest BCUT2D eigenvalue weighted by molar-refractivity contribution is 0.492. The maximum Gasteiger partial charge on any atom is 0.326 e. The zero-order valence-corrected chi connectivity index (χ0v) is 25.2. The highest BCUT2D eigenvalue weighted by Crippen LogP contribution is 2.36. The van der Waals surface area contributed by atoms with Crippen LogP contribution in [0.4, 0.5) is 5.95 Å². The number of fused-ring (bicyclic) bond motifs is 6. The van der Waals surface area contributed by atoms with E-state index in [9.17, 15) is 19.6 Å². The molecule has 3 aliphatic rings. The first-order valence-corrected chi connectivity index (χ1v) is 16.3. The Morgan fingerprint density at radius 2 is 1.72 bits per heavy atom. The minimum absolute atomic E-state index is 0.00344. The van der Waals surface area contributed by atoms with E-state index >= 15 is 0 Å². The number of nitriles is 1. The number of hydrogen-bond acceptors (Lipinski definition) is 9. The van der Waals surface area contributed by atoms with Gasteiger partial charge >= 0.3 is 5.69 Å². The Morgan fingerprint density at radius 3 is 2.51 bits per heavy atom. The molecule has 5 heterocycles. The molecule has 5 aromatic rings. The van der Waals surface area contributed by atoms with Gasteiger partial charge in [0.2, 0.25) is 5.95 Å². The van der Waals surface area contributed by atoms with Crippen molar-refractivity contribution >= 4 is 49.1 Å². The van der Waals surface area contributed by atoms with E-state index in [4.69, 9.17) is 10.7 Å². The standard InChI is InChI=1S/C22H23N5OS.C9H8N2O2S/c23-11-14-5-1-2-6-15(14)12-27-21(28)20-19(17-8-3-9-18(17)29-20)25-22(27)26-10-4-7-16(24)13-26;12-8-7-6(10-9(13)11-8)4-2-1-3-5(4)14-7/h1-2,5-6,16H,3-4,7-10,12-13,24H2;1-3H2,(H2,10,11,12,13)/t16-;/m1./s1. The number of hydrogen-bond donors (Lipinski definition) is 3. The summed E-state index contributed by atoms with van der Waals surface area (Å²) in [5, 5.41) is 9.49. The zero-order valence-electron chi connectivity index (χ0n) is 23.6. The number of benzene rings is 1. The largest absolute Gasteiger partial charge is 0.341 e. The van der Waals surface area contributed by atoms with Crippen LogP contribution in [0.1, 0.15) is 57.7 Å². The Bertz CT molecular complexity index is 2100. The highest BCUT2D eigenvalue weighted by atomic mass is 32.1. The molecule has 0 unspecified atom stereocenters. The number of piperidine rings is 1. The van der Waals surface area contributed by atoms with Gasteiger partial charge in [-0.2, -0.15) is 5.26 Å². The van der Waals surface area contributed by atoms with Gasteiger partial charge in [0.1, 0.15) is 9.40 Å². The van der Waals surface area contributed by atoms with Crippen molar-refractivity contribution in [2.75, 3.05) is 18.0 Å². The first-order chi connectivity index (χ1) is 20.9. The SMILES string of the molecule is N#Cc1ccccc1Cn1c(N2CCC[C@@H](N)C2)nc2c3c(sc2c1=O)CCC3.O=c1[nH]c(=O)c2sc3c(c2[nH]1)CCC3. The van der Waals surface area contributed by atoms with Crippen LogP contribution < -0.4 is 27.4 Å². The number of rotatable bonds is 3. The Hall–Kier alpha value is -4.05. The molecule has 1 fully saturated rings. The summed E-state index contributed by atoms with van der Waals surface area (Å²) in [5.41, 5.74) is 11.1. The molecule has 0 bridgehead atoms. The second kappa shape index (κ2) is 11.2. The van der Waals surface area contributed by atoms with Gasteiger partial charge in [-0.1, -0.05) is 18.2 Å². The summed E-state index contributed by atoms with van der Waals surface area (Å²) in [6, 6.07) is 9.79. The van der Waals surface area contributed by atoms with E-state index < -0.39 is 5.69 Å². The monoisotopic (exact) mass is 613 g/mol. The summed E-state index contributed by atoms with van der Waals surface area (Å²) in [6.45, 7) is 1.89. The first-order valence-electron chi connectivity index (χ1n) is 14.7. The minimum Gasteiger partial charge on any atom is -0.341 e. The maximum atomic E-state index is 13.6. The van der Waals surface area contributed by atoms with E-state index in [1.807, 2.05) is 18.2 Å². The van der Waals surface area contributed by atoms with Gasteiger partial charge in [-0.3, -0.25) is 19.1 Å². The van der Waals surface area contributed by atoms with Crippen molar-refractivity contribution in [3.8, 4) is 6.07 Å². The van der Waals surface area contributed by atoms with Crippen molar-refractivity contribution in [1.29, 1.82) is 5.26 Å². The summed E-state index contributed by atoms with van der Waals surface area (Å²) < 4.78 is 3.16.